The molecule has 0 saturated carbocycles. The number of hydrogen-bond donors (Lipinski definition) is 1. The summed E-state index contributed by atoms with van der Waals surface area (Å²) in [5, 5.41) is 3.36. The molecule has 1 aromatic rings. The van der Waals surface area contributed by atoms with Crippen LogP contribution in [0.15, 0.2) is 29.2 Å². The lowest BCUT2D eigenvalue weighted by molar-refractivity contribution is 0.416. The monoisotopic (exact) mass is 300 g/mol. The standard InChI is InChI=1S/C13H20N2O2S2/c1-3-11-10-15(8-9-18-11)19(16,17)13-7-5-4-6-12(13)14-2/h4-7,11,14H,3,8-10H2,1-2H3. The van der Waals surface area contributed by atoms with Gasteiger partial charge in [-0.05, 0) is 18.6 Å². The van der Waals surface area contributed by atoms with Gasteiger partial charge in [-0.25, -0.2) is 8.42 Å². The predicted octanol–water partition coefficient (Wildman–Crippen LogP) is 2.24. The first-order valence-electron chi connectivity index (χ1n) is 6.48. The van der Waals surface area contributed by atoms with Crippen molar-refractivity contribution in [1.29, 1.82) is 0 Å². The van der Waals surface area contributed by atoms with Crippen LogP contribution in [0.3, 0.4) is 0 Å². The van der Waals surface area contributed by atoms with E-state index < -0.39 is 10.0 Å². The van der Waals surface area contributed by atoms with Gasteiger partial charge in [0.05, 0.1) is 5.69 Å². The summed E-state index contributed by atoms with van der Waals surface area (Å²) in [6.07, 6.45) is 1.00. The number of thioether (sulfide) groups is 1. The fourth-order valence-corrected chi connectivity index (χ4v) is 5.27. The molecule has 1 unspecified atom stereocenters. The number of anilines is 1. The van der Waals surface area contributed by atoms with E-state index in [1.807, 2.05) is 17.8 Å². The highest BCUT2D eigenvalue weighted by molar-refractivity contribution is 8.00. The Bertz CT molecular complexity index is 531. The van der Waals surface area contributed by atoms with Gasteiger partial charge in [-0.2, -0.15) is 16.1 Å². The molecule has 106 valence electrons. The van der Waals surface area contributed by atoms with Crippen LogP contribution in [0.1, 0.15) is 13.3 Å². The lowest BCUT2D eigenvalue weighted by atomic mass is 10.3. The highest BCUT2D eigenvalue weighted by atomic mass is 32.2. The molecule has 0 spiro atoms. The number of rotatable bonds is 4. The van der Waals surface area contributed by atoms with Crippen molar-refractivity contribution in [2.24, 2.45) is 0 Å². The van der Waals surface area contributed by atoms with Crippen LogP contribution in [0.25, 0.3) is 0 Å². The first kappa shape index (κ1) is 14.7. The van der Waals surface area contributed by atoms with Crippen molar-refractivity contribution in [2.45, 2.75) is 23.5 Å². The Kier molecular flexibility index (Phi) is 4.76. The maximum atomic E-state index is 12.7. The molecule has 0 bridgehead atoms. The van der Waals surface area contributed by atoms with E-state index in [0.717, 1.165) is 12.2 Å². The largest absolute Gasteiger partial charge is 0.387 e. The molecule has 0 amide bonds. The summed E-state index contributed by atoms with van der Waals surface area (Å²) in [6, 6.07) is 7.07. The van der Waals surface area contributed by atoms with E-state index in [9.17, 15) is 8.42 Å². The molecule has 1 saturated heterocycles. The minimum Gasteiger partial charge on any atom is -0.387 e. The maximum absolute atomic E-state index is 12.7. The number of sulfonamides is 1. The van der Waals surface area contributed by atoms with Gasteiger partial charge in [0.15, 0.2) is 0 Å². The van der Waals surface area contributed by atoms with Crippen LogP contribution in [0.4, 0.5) is 5.69 Å². The van der Waals surface area contributed by atoms with Crippen LogP contribution in [0, 0.1) is 0 Å². The van der Waals surface area contributed by atoms with E-state index in [1.54, 1.807) is 29.6 Å². The number of hydrogen-bond acceptors (Lipinski definition) is 4. The minimum atomic E-state index is -3.39. The van der Waals surface area contributed by atoms with Crippen LogP contribution in [0.5, 0.6) is 0 Å². The normalized spacial score (nSPS) is 21.3. The fourth-order valence-electron chi connectivity index (χ4n) is 2.19. The quantitative estimate of drug-likeness (QED) is 0.926. The van der Waals surface area contributed by atoms with Crippen LogP contribution in [-0.2, 0) is 10.0 Å². The molecule has 19 heavy (non-hydrogen) atoms. The Hall–Kier alpha value is -0.720. The molecule has 1 aliphatic heterocycles. The maximum Gasteiger partial charge on any atom is 0.245 e. The summed E-state index contributed by atoms with van der Waals surface area (Å²) in [6.45, 7) is 3.32. The van der Waals surface area contributed by atoms with Crippen LogP contribution >= 0.6 is 11.8 Å². The Morgan fingerprint density at radius 2 is 2.16 bits per heavy atom. The number of para-hydroxylation sites is 1. The second-order valence-electron chi connectivity index (χ2n) is 4.51. The van der Waals surface area contributed by atoms with Gasteiger partial charge in [0.2, 0.25) is 10.0 Å². The highest BCUT2D eigenvalue weighted by Crippen LogP contribution is 2.29. The first-order valence-corrected chi connectivity index (χ1v) is 8.97. The first-order chi connectivity index (χ1) is 9.09. The van der Waals surface area contributed by atoms with Crippen LogP contribution < -0.4 is 5.32 Å². The average Bonchev–Trinajstić information content (AvgIpc) is 2.47. The zero-order valence-corrected chi connectivity index (χ0v) is 12.9. The number of nitrogens with zero attached hydrogens (tertiary/aromatic N) is 1. The number of benzene rings is 1. The summed E-state index contributed by atoms with van der Waals surface area (Å²) < 4.78 is 27.0. The van der Waals surface area contributed by atoms with Crippen molar-refractivity contribution in [2.75, 3.05) is 31.2 Å². The lowest BCUT2D eigenvalue weighted by Gasteiger charge is -2.31. The third kappa shape index (κ3) is 3.07. The fraction of sp³-hybridized carbons (Fsp3) is 0.538. The Balaban J connectivity index is 2.31. The second kappa shape index (κ2) is 6.15. The van der Waals surface area contributed by atoms with Crippen molar-refractivity contribution in [1.82, 2.24) is 4.31 Å². The number of nitrogens with one attached hydrogen (secondary N) is 1. The van der Waals surface area contributed by atoms with Gasteiger partial charge in [-0.3, -0.25) is 0 Å². The Morgan fingerprint density at radius 1 is 1.42 bits per heavy atom. The molecule has 0 aliphatic carbocycles. The van der Waals surface area contributed by atoms with E-state index in [2.05, 4.69) is 12.2 Å². The van der Waals surface area contributed by atoms with Crippen molar-refractivity contribution in [3.8, 4) is 0 Å². The molecule has 0 radical (unpaired) electrons. The van der Waals surface area contributed by atoms with Crippen LogP contribution in [0.2, 0.25) is 0 Å². The van der Waals surface area contributed by atoms with Gasteiger partial charge >= 0.3 is 0 Å². The molecule has 1 fully saturated rings. The van der Waals surface area contributed by atoms with Crippen molar-refractivity contribution in [3.05, 3.63) is 24.3 Å². The van der Waals surface area contributed by atoms with E-state index >= 15 is 0 Å². The third-order valence-corrected chi connectivity index (χ3v) is 6.63. The molecule has 0 aromatic heterocycles. The van der Waals surface area contributed by atoms with Gasteiger partial charge in [-0.1, -0.05) is 19.1 Å². The predicted molar refractivity (Wildman–Crippen MR) is 81.3 cm³/mol. The Labute approximate surface area is 119 Å². The minimum absolute atomic E-state index is 0.374. The van der Waals surface area contributed by atoms with E-state index in [0.29, 0.717) is 28.9 Å². The smallest absolute Gasteiger partial charge is 0.245 e. The topological polar surface area (TPSA) is 49.4 Å². The van der Waals surface area contributed by atoms with Crippen LogP contribution in [-0.4, -0.2) is 43.9 Å². The Morgan fingerprint density at radius 3 is 2.84 bits per heavy atom. The summed E-state index contributed by atoms with van der Waals surface area (Å²) in [5.74, 6) is 0.874. The second-order valence-corrected chi connectivity index (χ2v) is 7.82. The van der Waals surface area contributed by atoms with Gasteiger partial charge < -0.3 is 5.32 Å². The van der Waals surface area contributed by atoms with E-state index in [1.165, 1.54) is 0 Å². The van der Waals surface area contributed by atoms with E-state index in [4.69, 9.17) is 0 Å². The molecular formula is C13H20N2O2S2. The van der Waals surface area contributed by atoms with Crippen molar-refractivity contribution < 1.29 is 8.42 Å². The molecule has 1 aromatic carbocycles. The van der Waals surface area contributed by atoms with Gasteiger partial charge in [0.25, 0.3) is 0 Å². The zero-order chi connectivity index (χ0) is 13.9. The molecule has 1 atom stereocenters. The summed E-state index contributed by atoms with van der Waals surface area (Å²) in [5.41, 5.74) is 0.661. The third-order valence-electron chi connectivity index (χ3n) is 3.33. The van der Waals surface area contributed by atoms with Gasteiger partial charge in [0, 0.05) is 31.1 Å². The van der Waals surface area contributed by atoms with Crippen molar-refractivity contribution in [3.63, 3.8) is 0 Å². The SMILES string of the molecule is CCC1CN(S(=O)(=O)c2ccccc2NC)CCS1. The zero-order valence-electron chi connectivity index (χ0n) is 11.3. The summed E-state index contributed by atoms with van der Waals surface area (Å²) >= 11 is 1.87. The molecule has 1 aliphatic rings. The molecule has 6 heteroatoms. The molecule has 1 N–H and O–H groups in total. The van der Waals surface area contributed by atoms with E-state index in [-0.39, 0.29) is 0 Å². The summed E-state index contributed by atoms with van der Waals surface area (Å²) in [4.78, 5) is 0.374. The van der Waals surface area contributed by atoms with Gasteiger partial charge in [0.1, 0.15) is 4.90 Å². The molecule has 1 heterocycles. The molecule has 2 rings (SSSR count). The molecule has 4 nitrogen and oxygen atoms in total. The van der Waals surface area contributed by atoms with Crippen molar-refractivity contribution >= 4 is 27.5 Å². The highest BCUT2D eigenvalue weighted by Gasteiger charge is 2.31. The average molecular weight is 300 g/mol. The van der Waals surface area contributed by atoms with Gasteiger partial charge in [-0.15, -0.1) is 0 Å². The summed E-state index contributed by atoms with van der Waals surface area (Å²) in [7, 11) is -1.65. The lowest BCUT2D eigenvalue weighted by Crippen LogP contribution is -2.41. The molecular weight excluding hydrogens is 280 g/mol.